The van der Waals surface area contributed by atoms with E-state index < -0.39 is 5.91 Å². The minimum absolute atomic E-state index is 0.0902. The zero-order valence-electron chi connectivity index (χ0n) is 17.9. The number of ether oxygens (including phenoxy) is 2. The highest BCUT2D eigenvalue weighted by molar-refractivity contribution is 9.10. The van der Waals surface area contributed by atoms with E-state index in [1.807, 2.05) is 19.1 Å². The Bertz CT molecular complexity index is 1290. The zero-order chi connectivity index (χ0) is 24.7. The molecule has 34 heavy (non-hydrogen) atoms. The van der Waals surface area contributed by atoms with Crippen molar-refractivity contribution in [3.8, 4) is 17.6 Å². The first-order valence-electron chi connectivity index (χ1n) is 10.0. The maximum atomic E-state index is 12.6. The molecule has 1 amide bonds. The molecule has 0 aliphatic heterocycles. The van der Waals surface area contributed by atoms with E-state index in [0.29, 0.717) is 48.9 Å². The predicted molar refractivity (Wildman–Crippen MR) is 140 cm³/mol. The van der Waals surface area contributed by atoms with Crippen LogP contribution in [0, 0.1) is 11.3 Å². The molecule has 174 valence electrons. The third-order valence-electron chi connectivity index (χ3n) is 4.49. The Morgan fingerprint density at radius 1 is 1.06 bits per heavy atom. The lowest BCUT2D eigenvalue weighted by atomic mass is 10.1. The quantitative estimate of drug-likeness (QED) is 0.217. The van der Waals surface area contributed by atoms with Crippen molar-refractivity contribution >= 4 is 68.4 Å². The summed E-state index contributed by atoms with van der Waals surface area (Å²) in [5, 5.41) is 13.6. The van der Waals surface area contributed by atoms with Crippen LogP contribution in [0.5, 0.6) is 11.5 Å². The van der Waals surface area contributed by atoms with Gasteiger partial charge >= 0.3 is 0 Å². The third-order valence-corrected chi connectivity index (χ3v) is 6.15. The topological polar surface area (TPSA) is 71.3 Å². The Labute approximate surface area is 221 Å². The van der Waals surface area contributed by atoms with Crippen molar-refractivity contribution in [1.29, 1.82) is 5.26 Å². The van der Waals surface area contributed by atoms with E-state index in [-0.39, 0.29) is 12.2 Å². The molecule has 0 aromatic heterocycles. The van der Waals surface area contributed by atoms with E-state index in [1.165, 1.54) is 6.08 Å². The van der Waals surface area contributed by atoms with Crippen LogP contribution >= 0.6 is 50.7 Å². The summed E-state index contributed by atoms with van der Waals surface area (Å²) in [5.41, 5.74) is 1.80. The molecule has 0 saturated heterocycles. The van der Waals surface area contributed by atoms with E-state index in [4.69, 9.17) is 44.3 Å². The number of benzene rings is 3. The van der Waals surface area contributed by atoms with Crippen LogP contribution in [0.2, 0.25) is 15.1 Å². The Kier molecular flexibility index (Phi) is 9.26. The summed E-state index contributed by atoms with van der Waals surface area (Å²) in [6.07, 6.45) is 1.47. The van der Waals surface area contributed by atoms with E-state index >= 15 is 0 Å². The van der Waals surface area contributed by atoms with Crippen LogP contribution in [0.4, 0.5) is 5.69 Å². The number of amides is 1. The first kappa shape index (κ1) is 25.9. The number of hydrogen-bond acceptors (Lipinski definition) is 4. The molecule has 0 unspecified atom stereocenters. The van der Waals surface area contributed by atoms with Crippen LogP contribution in [-0.2, 0) is 11.4 Å². The van der Waals surface area contributed by atoms with Crippen molar-refractivity contribution < 1.29 is 14.3 Å². The molecule has 0 aliphatic carbocycles. The molecule has 0 bridgehead atoms. The molecule has 0 aliphatic rings. The van der Waals surface area contributed by atoms with Gasteiger partial charge in [-0.05, 0) is 66.6 Å². The van der Waals surface area contributed by atoms with Gasteiger partial charge in [-0.1, -0.05) is 62.9 Å². The van der Waals surface area contributed by atoms with Gasteiger partial charge in [-0.2, -0.15) is 5.26 Å². The van der Waals surface area contributed by atoms with Crippen LogP contribution in [-0.4, -0.2) is 12.5 Å². The highest BCUT2D eigenvalue weighted by atomic mass is 79.9. The van der Waals surface area contributed by atoms with Gasteiger partial charge in [-0.25, -0.2) is 0 Å². The van der Waals surface area contributed by atoms with Gasteiger partial charge in [0.1, 0.15) is 18.2 Å². The molecular weight excluding hydrogens is 563 g/mol. The summed E-state index contributed by atoms with van der Waals surface area (Å²) in [7, 11) is 0. The van der Waals surface area contributed by atoms with Crippen molar-refractivity contribution in [1.82, 2.24) is 0 Å². The molecule has 1 N–H and O–H groups in total. The van der Waals surface area contributed by atoms with Crippen molar-refractivity contribution in [3.05, 3.63) is 90.8 Å². The maximum absolute atomic E-state index is 12.6. The fourth-order valence-electron chi connectivity index (χ4n) is 2.90. The SMILES string of the molecule is CCOc1cc(/C=C(\C#N)C(=O)Nc2cccc(Cl)c2)c(Br)cc1OCc1ccc(Cl)c(Cl)c1. The molecular formula is C25H18BrCl3N2O3. The van der Waals surface area contributed by atoms with Crippen LogP contribution in [0.15, 0.2) is 64.6 Å². The summed E-state index contributed by atoms with van der Waals surface area (Å²) in [6.45, 7) is 2.48. The normalized spacial score (nSPS) is 11.0. The third kappa shape index (κ3) is 6.91. The Hall–Kier alpha value is -2.69. The number of nitriles is 1. The van der Waals surface area contributed by atoms with Gasteiger partial charge in [0.15, 0.2) is 11.5 Å². The van der Waals surface area contributed by atoms with Crippen LogP contribution in [0.3, 0.4) is 0 Å². The van der Waals surface area contributed by atoms with Gasteiger partial charge in [0.05, 0.1) is 16.7 Å². The lowest BCUT2D eigenvalue weighted by Crippen LogP contribution is -2.13. The monoisotopic (exact) mass is 578 g/mol. The second-order valence-electron chi connectivity index (χ2n) is 6.92. The highest BCUT2D eigenvalue weighted by Gasteiger charge is 2.15. The standard InChI is InChI=1S/C25H18BrCl3N2O3/c1-2-33-23-10-16(9-17(13-30)25(32)31-19-5-3-4-18(27)11-19)20(26)12-24(23)34-14-15-6-7-21(28)22(29)8-15/h3-12H,2,14H2,1H3,(H,31,32)/b17-9+. The average Bonchev–Trinajstić information content (AvgIpc) is 2.80. The highest BCUT2D eigenvalue weighted by Crippen LogP contribution is 2.36. The molecule has 3 rings (SSSR count). The molecule has 3 aromatic rings. The van der Waals surface area contributed by atoms with E-state index in [0.717, 1.165) is 5.56 Å². The molecule has 9 heteroatoms. The molecule has 3 aromatic carbocycles. The maximum Gasteiger partial charge on any atom is 0.266 e. The van der Waals surface area contributed by atoms with E-state index in [9.17, 15) is 10.1 Å². The number of hydrogen-bond donors (Lipinski definition) is 1. The minimum Gasteiger partial charge on any atom is -0.490 e. The number of carbonyl (C=O) groups is 1. The summed E-state index contributed by atoms with van der Waals surface area (Å²) < 4.78 is 12.3. The summed E-state index contributed by atoms with van der Waals surface area (Å²) in [5.74, 6) is 0.387. The summed E-state index contributed by atoms with van der Waals surface area (Å²) >= 11 is 21.5. The average molecular weight is 581 g/mol. The summed E-state index contributed by atoms with van der Waals surface area (Å²) in [6, 6.07) is 17.3. The van der Waals surface area contributed by atoms with Gasteiger partial charge in [0.25, 0.3) is 5.91 Å². The fourth-order valence-corrected chi connectivity index (χ4v) is 3.85. The Balaban J connectivity index is 1.85. The second kappa shape index (κ2) is 12.1. The predicted octanol–water partition coefficient (Wildman–Crippen LogP) is 7.93. The zero-order valence-corrected chi connectivity index (χ0v) is 21.7. The number of anilines is 1. The van der Waals surface area contributed by atoms with E-state index in [2.05, 4.69) is 21.2 Å². The molecule has 0 atom stereocenters. The molecule has 0 fully saturated rings. The first-order chi connectivity index (χ1) is 16.3. The minimum atomic E-state index is -0.561. The number of nitrogens with one attached hydrogen (secondary N) is 1. The van der Waals surface area contributed by atoms with Crippen molar-refractivity contribution in [2.24, 2.45) is 0 Å². The molecule has 0 heterocycles. The number of carbonyl (C=O) groups excluding carboxylic acids is 1. The lowest BCUT2D eigenvalue weighted by molar-refractivity contribution is -0.112. The van der Waals surface area contributed by atoms with E-state index in [1.54, 1.807) is 48.5 Å². The van der Waals surface area contributed by atoms with Crippen LogP contribution < -0.4 is 14.8 Å². The van der Waals surface area contributed by atoms with Crippen molar-refractivity contribution in [3.63, 3.8) is 0 Å². The van der Waals surface area contributed by atoms with Gasteiger partial charge in [-0.3, -0.25) is 4.79 Å². The van der Waals surface area contributed by atoms with Gasteiger partial charge in [0, 0.05) is 15.2 Å². The molecule has 5 nitrogen and oxygen atoms in total. The molecule has 0 spiro atoms. The number of halogens is 4. The number of nitrogens with zero attached hydrogens (tertiary/aromatic N) is 1. The smallest absolute Gasteiger partial charge is 0.266 e. The van der Waals surface area contributed by atoms with Crippen LogP contribution in [0.1, 0.15) is 18.1 Å². The Morgan fingerprint density at radius 3 is 2.50 bits per heavy atom. The molecule has 0 saturated carbocycles. The summed E-state index contributed by atoms with van der Waals surface area (Å²) in [4.78, 5) is 12.6. The van der Waals surface area contributed by atoms with Crippen molar-refractivity contribution in [2.45, 2.75) is 13.5 Å². The van der Waals surface area contributed by atoms with Gasteiger partial charge < -0.3 is 14.8 Å². The van der Waals surface area contributed by atoms with Gasteiger partial charge in [0.2, 0.25) is 0 Å². The van der Waals surface area contributed by atoms with Crippen LogP contribution in [0.25, 0.3) is 6.08 Å². The van der Waals surface area contributed by atoms with Gasteiger partial charge in [-0.15, -0.1) is 0 Å². The first-order valence-corrected chi connectivity index (χ1v) is 11.9. The fraction of sp³-hybridized carbons (Fsp3) is 0.120. The molecule has 0 radical (unpaired) electrons. The largest absolute Gasteiger partial charge is 0.490 e. The Morgan fingerprint density at radius 2 is 1.82 bits per heavy atom. The number of rotatable bonds is 8. The van der Waals surface area contributed by atoms with Crippen molar-refractivity contribution in [2.75, 3.05) is 11.9 Å². The second-order valence-corrected chi connectivity index (χ2v) is 9.03. The lowest BCUT2D eigenvalue weighted by Gasteiger charge is -2.14.